The molecule has 8 heteroatoms. The third kappa shape index (κ3) is 3.29. The van der Waals surface area contributed by atoms with E-state index >= 15 is 0 Å². The zero-order valence-electron chi connectivity index (χ0n) is 14.7. The minimum Gasteiger partial charge on any atom is -0.242 e. The lowest BCUT2D eigenvalue weighted by atomic mass is 9.88. The number of hydrogen-bond donors (Lipinski definition) is 0. The number of hydrogen-bond acceptors (Lipinski definition) is 4. The molecule has 0 N–H and O–H groups in total. The van der Waals surface area contributed by atoms with Gasteiger partial charge in [-0.25, -0.2) is 17.5 Å². The Balaban J connectivity index is 1.70. The summed E-state index contributed by atoms with van der Waals surface area (Å²) in [6.07, 6.45) is 6.99. The van der Waals surface area contributed by atoms with Gasteiger partial charge in [-0.3, -0.25) is 0 Å². The van der Waals surface area contributed by atoms with E-state index in [2.05, 4.69) is 51.2 Å². The zero-order valence-corrected chi connectivity index (χ0v) is 17.1. The number of benzene rings is 1. The molecule has 3 unspecified atom stereocenters. The normalized spacial score (nSPS) is 24.7. The fraction of sp³-hybridized carbons (Fsp3) is 0.368. The first-order valence-electron chi connectivity index (χ1n) is 8.88. The van der Waals surface area contributed by atoms with E-state index < -0.39 is 16.0 Å². The Morgan fingerprint density at radius 2 is 2.04 bits per heavy atom. The molecule has 2 aliphatic rings. The molecule has 0 amide bonds. The van der Waals surface area contributed by atoms with E-state index in [1.807, 2.05) is 0 Å². The van der Waals surface area contributed by atoms with Gasteiger partial charge in [0.1, 0.15) is 0 Å². The maximum absolute atomic E-state index is 14.6. The standard InChI is InChI=1S/C19H19BrFN3O2S/c1-2-12-4-3-5-13(10-12)17-11-16(21)18-22-19(23-24(17)18)27(25,26)15-8-6-14(20)7-9-15/h3-4,6-10,13,16-17H,2,5,11H2,1H3. The highest BCUT2D eigenvalue weighted by molar-refractivity contribution is 9.10. The number of rotatable bonds is 4. The molecule has 1 aliphatic carbocycles. The van der Waals surface area contributed by atoms with E-state index in [4.69, 9.17) is 0 Å². The summed E-state index contributed by atoms with van der Waals surface area (Å²) in [5, 5.41) is 3.90. The van der Waals surface area contributed by atoms with Crippen LogP contribution in [0.3, 0.4) is 0 Å². The molecule has 0 saturated heterocycles. The van der Waals surface area contributed by atoms with Crippen molar-refractivity contribution in [1.29, 1.82) is 0 Å². The van der Waals surface area contributed by atoms with Gasteiger partial charge in [0, 0.05) is 16.8 Å². The zero-order chi connectivity index (χ0) is 19.2. The summed E-state index contributed by atoms with van der Waals surface area (Å²) in [4.78, 5) is 4.16. The Morgan fingerprint density at radius 3 is 2.74 bits per heavy atom. The average molecular weight is 452 g/mol. The first kappa shape index (κ1) is 18.6. The monoisotopic (exact) mass is 451 g/mol. The highest BCUT2D eigenvalue weighted by Crippen LogP contribution is 2.43. The summed E-state index contributed by atoms with van der Waals surface area (Å²) in [5.41, 5.74) is 1.21. The number of halogens is 2. The van der Waals surface area contributed by atoms with Crippen molar-refractivity contribution in [2.45, 2.75) is 48.5 Å². The van der Waals surface area contributed by atoms with Crippen LogP contribution in [-0.4, -0.2) is 23.2 Å². The maximum Gasteiger partial charge on any atom is 0.272 e. The average Bonchev–Trinajstić information content (AvgIpc) is 3.23. The molecule has 5 nitrogen and oxygen atoms in total. The Hall–Kier alpha value is -1.80. The summed E-state index contributed by atoms with van der Waals surface area (Å²) < 4.78 is 42.5. The molecule has 142 valence electrons. The largest absolute Gasteiger partial charge is 0.272 e. The van der Waals surface area contributed by atoms with Crippen molar-refractivity contribution in [3.63, 3.8) is 0 Å². The van der Waals surface area contributed by atoms with E-state index in [0.29, 0.717) is 0 Å². The molecule has 0 spiro atoms. The van der Waals surface area contributed by atoms with Gasteiger partial charge in [-0.15, -0.1) is 5.10 Å². The molecule has 0 bridgehead atoms. The van der Waals surface area contributed by atoms with Crippen LogP contribution in [-0.2, 0) is 9.84 Å². The van der Waals surface area contributed by atoms with E-state index in [1.54, 1.807) is 12.1 Å². The Labute approximate surface area is 166 Å². The number of nitrogens with zero attached hydrogens (tertiary/aromatic N) is 3. The summed E-state index contributed by atoms with van der Waals surface area (Å²) in [7, 11) is -3.89. The molecular weight excluding hydrogens is 433 g/mol. The lowest BCUT2D eigenvalue weighted by molar-refractivity contribution is 0.288. The molecule has 0 fully saturated rings. The van der Waals surface area contributed by atoms with Gasteiger partial charge in [0.25, 0.3) is 5.16 Å². The fourth-order valence-corrected chi connectivity index (χ4v) is 5.04. The summed E-state index contributed by atoms with van der Waals surface area (Å²) >= 11 is 3.28. The van der Waals surface area contributed by atoms with Crippen molar-refractivity contribution in [3.05, 3.63) is 58.4 Å². The van der Waals surface area contributed by atoms with Crippen molar-refractivity contribution in [2.75, 3.05) is 0 Å². The van der Waals surface area contributed by atoms with Crippen molar-refractivity contribution in [1.82, 2.24) is 14.8 Å². The lowest BCUT2D eigenvalue weighted by Gasteiger charge is -2.23. The van der Waals surface area contributed by atoms with Gasteiger partial charge in [0.05, 0.1) is 10.9 Å². The first-order chi connectivity index (χ1) is 12.9. The summed E-state index contributed by atoms with van der Waals surface area (Å²) in [6.45, 7) is 2.08. The van der Waals surface area contributed by atoms with Gasteiger partial charge < -0.3 is 0 Å². The van der Waals surface area contributed by atoms with Crippen LogP contribution < -0.4 is 0 Å². The van der Waals surface area contributed by atoms with Crippen LogP contribution in [0.15, 0.2) is 62.6 Å². The Morgan fingerprint density at radius 1 is 1.30 bits per heavy atom. The first-order valence-corrected chi connectivity index (χ1v) is 11.2. The minimum atomic E-state index is -3.89. The quantitative estimate of drug-likeness (QED) is 0.672. The number of sulfone groups is 1. The molecule has 4 rings (SSSR count). The molecule has 0 saturated carbocycles. The summed E-state index contributed by atoms with van der Waals surface area (Å²) in [5.74, 6) is 0.200. The van der Waals surface area contributed by atoms with E-state index in [0.717, 1.165) is 17.3 Å². The number of alkyl halides is 1. The molecule has 1 aromatic carbocycles. The molecule has 0 radical (unpaired) electrons. The van der Waals surface area contributed by atoms with Crippen molar-refractivity contribution in [3.8, 4) is 0 Å². The van der Waals surface area contributed by atoms with Crippen LogP contribution in [0, 0.1) is 5.92 Å². The molecule has 3 atom stereocenters. The second kappa shape index (κ2) is 6.98. The molecule has 27 heavy (non-hydrogen) atoms. The second-order valence-corrected chi connectivity index (χ2v) is 9.58. The predicted molar refractivity (Wildman–Crippen MR) is 103 cm³/mol. The van der Waals surface area contributed by atoms with Crippen LogP contribution in [0.1, 0.15) is 44.2 Å². The van der Waals surface area contributed by atoms with Crippen LogP contribution in [0.2, 0.25) is 0 Å². The van der Waals surface area contributed by atoms with Gasteiger partial charge in [0.2, 0.25) is 9.84 Å². The van der Waals surface area contributed by atoms with Crippen LogP contribution in [0.5, 0.6) is 0 Å². The Kier molecular flexibility index (Phi) is 4.80. The lowest BCUT2D eigenvalue weighted by Crippen LogP contribution is -2.18. The molecular formula is C19H19BrFN3O2S. The minimum absolute atomic E-state index is 0.0920. The van der Waals surface area contributed by atoms with Crippen LogP contribution in [0.25, 0.3) is 0 Å². The van der Waals surface area contributed by atoms with Crippen LogP contribution in [0.4, 0.5) is 4.39 Å². The van der Waals surface area contributed by atoms with Gasteiger partial charge >= 0.3 is 0 Å². The highest BCUT2D eigenvalue weighted by atomic mass is 79.9. The Bertz CT molecular complexity index is 1030. The molecule has 2 aromatic rings. The number of fused-ring (bicyclic) bond motifs is 1. The smallest absolute Gasteiger partial charge is 0.242 e. The molecule has 2 heterocycles. The summed E-state index contributed by atoms with van der Waals surface area (Å²) in [6, 6.07) is 6.03. The van der Waals surface area contributed by atoms with Crippen LogP contribution >= 0.6 is 15.9 Å². The fourth-order valence-electron chi connectivity index (χ4n) is 3.66. The second-order valence-electron chi connectivity index (χ2n) is 6.82. The topological polar surface area (TPSA) is 64.8 Å². The third-order valence-corrected chi connectivity index (χ3v) is 7.19. The van der Waals surface area contributed by atoms with E-state index in [9.17, 15) is 12.8 Å². The van der Waals surface area contributed by atoms with Crippen molar-refractivity contribution < 1.29 is 12.8 Å². The van der Waals surface area contributed by atoms with E-state index in [-0.39, 0.29) is 34.3 Å². The number of allylic oxidation sites excluding steroid dienone is 4. The number of aromatic nitrogens is 3. The van der Waals surface area contributed by atoms with Crippen molar-refractivity contribution in [2.24, 2.45) is 5.92 Å². The SMILES string of the molecule is CCC1=CC(C2CC(F)c3nc(S(=O)(=O)c4ccc(Br)cc4)nn32)CC=C1. The predicted octanol–water partition coefficient (Wildman–Crippen LogP) is 4.74. The van der Waals surface area contributed by atoms with E-state index in [1.165, 1.54) is 22.4 Å². The maximum atomic E-state index is 14.6. The molecule has 1 aliphatic heterocycles. The van der Waals surface area contributed by atoms with Gasteiger partial charge in [-0.1, -0.05) is 46.7 Å². The van der Waals surface area contributed by atoms with Gasteiger partial charge in [0.15, 0.2) is 12.0 Å². The van der Waals surface area contributed by atoms with Crippen molar-refractivity contribution >= 4 is 25.8 Å². The third-order valence-electron chi connectivity index (χ3n) is 5.12. The molecule has 1 aromatic heterocycles. The van der Waals surface area contributed by atoms with Gasteiger partial charge in [-0.2, -0.15) is 4.98 Å². The van der Waals surface area contributed by atoms with Gasteiger partial charge in [-0.05, 0) is 37.1 Å². The highest BCUT2D eigenvalue weighted by Gasteiger charge is 2.40.